The lowest BCUT2D eigenvalue weighted by atomic mass is 9.69. The van der Waals surface area contributed by atoms with Crippen molar-refractivity contribution in [2.45, 2.75) is 84.5 Å². The topological polar surface area (TPSA) is 0 Å². The van der Waals surface area contributed by atoms with Crippen molar-refractivity contribution in [1.82, 2.24) is 0 Å². The number of aryl methyl sites for hydroxylation is 2. The summed E-state index contributed by atoms with van der Waals surface area (Å²) in [6, 6.07) is 3.18. The molecule has 5 rings (SSSR count). The first-order chi connectivity index (χ1) is 16.8. The van der Waals surface area contributed by atoms with E-state index in [1.54, 1.807) is 6.07 Å². The van der Waals surface area contributed by atoms with E-state index in [4.69, 9.17) is 0 Å². The van der Waals surface area contributed by atoms with Gasteiger partial charge in [-0.1, -0.05) is 44.1 Å². The zero-order chi connectivity index (χ0) is 24.7. The summed E-state index contributed by atoms with van der Waals surface area (Å²) in [5.74, 6) is -0.765. The van der Waals surface area contributed by atoms with Crippen LogP contribution in [0.1, 0.15) is 87.0 Å². The molecule has 3 aliphatic carbocycles. The fourth-order valence-corrected chi connectivity index (χ4v) is 6.86. The molecule has 2 fully saturated rings. The summed E-state index contributed by atoms with van der Waals surface area (Å²) in [6.45, 7) is 3.86. The Labute approximate surface area is 206 Å². The summed E-state index contributed by atoms with van der Waals surface area (Å²) in [7, 11) is 0. The van der Waals surface area contributed by atoms with Gasteiger partial charge in [-0.2, -0.15) is 0 Å². The van der Waals surface area contributed by atoms with Crippen LogP contribution in [0.2, 0.25) is 0 Å². The molecule has 0 atom stereocenters. The van der Waals surface area contributed by atoms with E-state index in [2.05, 4.69) is 19.1 Å². The highest BCUT2D eigenvalue weighted by Crippen LogP contribution is 2.44. The molecule has 0 aliphatic heterocycles. The van der Waals surface area contributed by atoms with E-state index in [-0.39, 0.29) is 16.7 Å². The minimum Gasteiger partial charge on any atom is -0.203 e. The number of benzene rings is 2. The molecule has 3 aliphatic rings. The Morgan fingerprint density at radius 2 is 1.31 bits per heavy atom. The van der Waals surface area contributed by atoms with Gasteiger partial charge in [0.15, 0.2) is 23.3 Å². The van der Waals surface area contributed by atoms with Gasteiger partial charge in [-0.05, 0) is 111 Å². The highest BCUT2D eigenvalue weighted by Gasteiger charge is 2.31. The Morgan fingerprint density at radius 3 is 1.97 bits per heavy atom. The average molecular weight is 485 g/mol. The van der Waals surface area contributed by atoms with Crippen molar-refractivity contribution in [3.63, 3.8) is 0 Å². The summed E-state index contributed by atoms with van der Waals surface area (Å²) >= 11 is 0. The number of halogens is 4. The lowest BCUT2D eigenvalue weighted by molar-refractivity contribution is 0.160. The smallest absolute Gasteiger partial charge is 0.167 e. The van der Waals surface area contributed by atoms with Crippen LogP contribution >= 0.6 is 0 Å². The van der Waals surface area contributed by atoms with Gasteiger partial charge in [-0.15, -0.1) is 0 Å². The molecule has 2 aromatic carbocycles. The zero-order valence-electron chi connectivity index (χ0n) is 20.9. The summed E-state index contributed by atoms with van der Waals surface area (Å²) < 4.78 is 58.5. The fourth-order valence-electron chi connectivity index (χ4n) is 6.86. The van der Waals surface area contributed by atoms with Crippen LogP contribution in [0.5, 0.6) is 0 Å². The van der Waals surface area contributed by atoms with Crippen LogP contribution in [0.4, 0.5) is 17.6 Å². The molecule has 0 bridgehead atoms. The number of hydrogen-bond acceptors (Lipinski definition) is 0. The van der Waals surface area contributed by atoms with E-state index in [1.807, 2.05) is 0 Å². The molecule has 35 heavy (non-hydrogen) atoms. The first-order valence-electron chi connectivity index (χ1n) is 13.5. The zero-order valence-corrected chi connectivity index (χ0v) is 20.9. The maximum Gasteiger partial charge on any atom is 0.167 e. The fraction of sp³-hybridized carbons (Fsp3) is 0.548. The van der Waals surface area contributed by atoms with Gasteiger partial charge in [-0.3, -0.25) is 0 Å². The summed E-state index contributed by atoms with van der Waals surface area (Å²) in [5.41, 5.74) is 1.32. The van der Waals surface area contributed by atoms with Crippen molar-refractivity contribution < 1.29 is 17.6 Å². The molecule has 0 heterocycles. The Bertz CT molecular complexity index is 1120. The second-order valence-corrected chi connectivity index (χ2v) is 11.4. The molecule has 0 amide bonds. The molecule has 0 aromatic heterocycles. The van der Waals surface area contributed by atoms with Gasteiger partial charge >= 0.3 is 0 Å². The van der Waals surface area contributed by atoms with Crippen LogP contribution in [0.25, 0.3) is 11.1 Å². The molecule has 0 nitrogen and oxygen atoms in total. The molecule has 2 saturated carbocycles. The Kier molecular flexibility index (Phi) is 7.10. The number of allylic oxidation sites excluding steroid dienone is 2. The van der Waals surface area contributed by atoms with E-state index < -0.39 is 23.3 Å². The molecule has 4 heteroatoms. The third-order valence-corrected chi connectivity index (χ3v) is 9.00. The van der Waals surface area contributed by atoms with Gasteiger partial charge in [0.1, 0.15) is 0 Å². The van der Waals surface area contributed by atoms with E-state index in [1.165, 1.54) is 64.4 Å². The largest absolute Gasteiger partial charge is 0.203 e. The number of fused-ring (bicyclic) bond motifs is 3. The normalized spacial score (nSPS) is 26.2. The van der Waals surface area contributed by atoms with Gasteiger partial charge in [0, 0.05) is 11.1 Å². The van der Waals surface area contributed by atoms with Gasteiger partial charge in [-0.25, -0.2) is 17.6 Å². The maximum atomic E-state index is 15.0. The predicted octanol–water partition coefficient (Wildman–Crippen LogP) is 9.24. The van der Waals surface area contributed by atoms with Crippen molar-refractivity contribution >= 4 is 0 Å². The molecular formula is C31H36F4. The third-order valence-electron chi connectivity index (χ3n) is 9.00. The molecule has 0 radical (unpaired) electrons. The second-order valence-electron chi connectivity index (χ2n) is 11.4. The standard InChI is InChI=1S/C31H36F4/c1-18-7-11-21(12-8-18)22-13-9-20(10-14-22)5-3-4-6-23-16-25-17-24-15-19(2)28(32)30(34)26(24)27(25)31(35)29(23)33/h3,5,15-16,18,20-22H,4,6-14,17H2,1-2H3/b5-3+. The molecule has 0 N–H and O–H groups in total. The highest BCUT2D eigenvalue weighted by atomic mass is 19.2. The van der Waals surface area contributed by atoms with Gasteiger partial charge in [0.2, 0.25) is 0 Å². The van der Waals surface area contributed by atoms with Crippen LogP contribution < -0.4 is 0 Å². The van der Waals surface area contributed by atoms with Crippen molar-refractivity contribution in [3.05, 3.63) is 69.8 Å². The van der Waals surface area contributed by atoms with Crippen molar-refractivity contribution in [2.24, 2.45) is 23.7 Å². The van der Waals surface area contributed by atoms with Crippen LogP contribution in [0.15, 0.2) is 24.3 Å². The highest BCUT2D eigenvalue weighted by molar-refractivity contribution is 5.78. The van der Waals surface area contributed by atoms with Crippen LogP contribution in [0.3, 0.4) is 0 Å². The van der Waals surface area contributed by atoms with E-state index in [0.717, 1.165) is 17.8 Å². The maximum absolute atomic E-state index is 15.0. The molecule has 188 valence electrons. The first kappa shape index (κ1) is 24.6. The second kappa shape index (κ2) is 10.1. The number of rotatable bonds is 5. The van der Waals surface area contributed by atoms with Crippen molar-refractivity contribution in [2.75, 3.05) is 0 Å². The summed E-state index contributed by atoms with van der Waals surface area (Å²) in [5, 5.41) is 0. The molecular weight excluding hydrogens is 448 g/mol. The number of hydrogen-bond donors (Lipinski definition) is 0. The first-order valence-corrected chi connectivity index (χ1v) is 13.5. The predicted molar refractivity (Wildman–Crippen MR) is 133 cm³/mol. The van der Waals surface area contributed by atoms with Gasteiger partial charge in [0.25, 0.3) is 0 Å². The summed E-state index contributed by atoms with van der Waals surface area (Å²) in [6.07, 6.45) is 16.4. The van der Waals surface area contributed by atoms with Crippen LogP contribution in [-0.4, -0.2) is 0 Å². The average Bonchev–Trinajstić information content (AvgIpc) is 3.22. The molecule has 0 spiro atoms. The lowest BCUT2D eigenvalue weighted by Crippen LogP contribution is -2.24. The Balaban J connectivity index is 1.19. The van der Waals surface area contributed by atoms with Gasteiger partial charge in [0.05, 0.1) is 0 Å². The molecule has 2 aromatic rings. The van der Waals surface area contributed by atoms with Crippen LogP contribution in [0, 0.1) is 53.9 Å². The Morgan fingerprint density at radius 1 is 0.743 bits per heavy atom. The monoisotopic (exact) mass is 484 g/mol. The van der Waals surface area contributed by atoms with E-state index in [0.29, 0.717) is 41.9 Å². The van der Waals surface area contributed by atoms with Crippen molar-refractivity contribution in [3.8, 4) is 11.1 Å². The van der Waals surface area contributed by atoms with Crippen molar-refractivity contribution in [1.29, 1.82) is 0 Å². The Hall–Kier alpha value is -2.10. The SMILES string of the molecule is Cc1cc2c(c(F)c1F)-c1c(cc(CC/C=C/C3CCC(C4CCC(C)CC4)CC3)c(F)c1F)C2. The molecule has 0 unspecified atom stereocenters. The quantitative estimate of drug-likeness (QED) is 0.250. The van der Waals surface area contributed by atoms with E-state index in [9.17, 15) is 17.6 Å². The minimum atomic E-state index is -1.08. The van der Waals surface area contributed by atoms with Crippen LogP contribution in [-0.2, 0) is 12.8 Å². The van der Waals surface area contributed by atoms with E-state index >= 15 is 0 Å². The lowest BCUT2D eigenvalue weighted by Gasteiger charge is -2.36. The van der Waals surface area contributed by atoms with Gasteiger partial charge < -0.3 is 0 Å². The summed E-state index contributed by atoms with van der Waals surface area (Å²) in [4.78, 5) is 0. The minimum absolute atomic E-state index is 0.114. The third kappa shape index (κ3) is 4.82. The molecule has 0 saturated heterocycles.